The highest BCUT2D eigenvalue weighted by molar-refractivity contribution is 6.94. The normalized spacial score (nSPS) is 29.5. The first-order valence-corrected chi connectivity index (χ1v) is 36.9. The fraction of sp³-hybridized carbons (Fsp3) is 0.729. The molecule has 0 spiro atoms. The Kier molecular flexibility index (Phi) is 14.3. The maximum absolute atomic E-state index is 2.96. The minimum Gasteiger partial charge on any atom is -0.0865 e. The summed E-state index contributed by atoms with van der Waals surface area (Å²) in [5.41, 5.74) is 14.5. The van der Waals surface area contributed by atoms with Crippen molar-refractivity contribution in [3.63, 3.8) is 0 Å². The largest absolute Gasteiger partial charge is 0.112 e. The van der Waals surface area contributed by atoms with E-state index in [1.165, 1.54) is 193 Å². The molecule has 0 aromatic carbocycles. The van der Waals surface area contributed by atoms with Gasteiger partial charge >= 0.3 is 0 Å². The average molecular weight is 886 g/mol. The molecule has 0 aromatic heterocycles. The second kappa shape index (κ2) is 19.4. The number of allylic oxidation sites excluding steroid dienone is 15. The van der Waals surface area contributed by atoms with Gasteiger partial charge in [-0.2, -0.15) is 0 Å². The number of rotatable bonds is 10. The van der Waals surface area contributed by atoms with Gasteiger partial charge in [-0.05, 0) is 153 Å². The van der Waals surface area contributed by atoms with E-state index in [4.69, 9.17) is 0 Å². The molecule has 0 nitrogen and oxygen atoms in total. The molecule has 3 heteroatoms. The van der Waals surface area contributed by atoms with Gasteiger partial charge in [-0.1, -0.05) is 211 Å². The van der Waals surface area contributed by atoms with Crippen molar-refractivity contribution in [1.82, 2.24) is 0 Å². The summed E-state index contributed by atoms with van der Waals surface area (Å²) < 4.78 is 0. The van der Waals surface area contributed by atoms with Crippen molar-refractivity contribution in [3.8, 4) is 0 Å². The van der Waals surface area contributed by atoms with Crippen molar-refractivity contribution in [2.75, 3.05) is 0 Å². The zero-order valence-corrected chi connectivity index (χ0v) is 44.6. The van der Waals surface area contributed by atoms with Gasteiger partial charge in [0.1, 0.15) is 24.2 Å². The minimum atomic E-state index is -2.03. The molecular formula is C59H92Si3. The van der Waals surface area contributed by atoms with Crippen LogP contribution in [0.2, 0.25) is 39.3 Å². The van der Waals surface area contributed by atoms with Crippen LogP contribution in [0, 0.1) is 35.5 Å². The molecule has 0 N–H and O–H groups in total. The van der Waals surface area contributed by atoms with Crippen LogP contribution in [0.1, 0.15) is 200 Å². The highest BCUT2D eigenvalue weighted by Gasteiger charge is 2.47. The van der Waals surface area contributed by atoms with Crippen LogP contribution in [-0.4, -0.2) is 24.2 Å². The molecule has 9 aliphatic rings. The van der Waals surface area contributed by atoms with Gasteiger partial charge in [0.15, 0.2) is 0 Å². The highest BCUT2D eigenvalue weighted by atomic mass is 28.3. The lowest BCUT2D eigenvalue weighted by atomic mass is 9.73. The Balaban J connectivity index is 1.18. The summed E-state index contributed by atoms with van der Waals surface area (Å²) in [6.45, 7) is 19.3. The Bertz CT molecular complexity index is 1890. The summed E-state index contributed by atoms with van der Waals surface area (Å²) in [6, 6.07) is 0. The smallest absolute Gasteiger partial charge is 0.0865 e. The van der Waals surface area contributed by atoms with Gasteiger partial charge in [0.05, 0.1) is 0 Å². The van der Waals surface area contributed by atoms with Crippen molar-refractivity contribution < 1.29 is 0 Å². The van der Waals surface area contributed by atoms with E-state index < -0.39 is 24.2 Å². The van der Waals surface area contributed by atoms with Gasteiger partial charge in [-0.25, -0.2) is 0 Å². The van der Waals surface area contributed by atoms with Crippen molar-refractivity contribution in [1.29, 1.82) is 0 Å². The Hall–Kier alpha value is -1.43. The molecule has 0 bridgehead atoms. The lowest BCUT2D eigenvalue weighted by molar-refractivity contribution is 0.374. The number of hydrogen-bond donors (Lipinski definition) is 0. The third-order valence-corrected chi connectivity index (χ3v) is 29.9. The predicted molar refractivity (Wildman–Crippen MR) is 279 cm³/mol. The quantitative estimate of drug-likeness (QED) is 0.192. The van der Waals surface area contributed by atoms with Crippen molar-refractivity contribution in [2.45, 2.75) is 239 Å². The van der Waals surface area contributed by atoms with E-state index in [1.807, 2.05) is 59.4 Å². The molecule has 3 heterocycles. The summed E-state index contributed by atoms with van der Waals surface area (Å²) in [7, 11) is -5.53. The third kappa shape index (κ3) is 8.91. The summed E-state index contributed by atoms with van der Waals surface area (Å²) >= 11 is 0. The Morgan fingerprint density at radius 1 is 0.323 bits per heavy atom. The van der Waals surface area contributed by atoms with Crippen molar-refractivity contribution >= 4 is 24.2 Å². The molecule has 0 atom stereocenters. The van der Waals surface area contributed by atoms with Crippen LogP contribution in [0.25, 0.3) is 0 Å². The number of hydrogen-bond acceptors (Lipinski definition) is 0. The molecule has 3 aliphatic heterocycles. The van der Waals surface area contributed by atoms with Crippen LogP contribution < -0.4 is 0 Å². The first-order chi connectivity index (χ1) is 30.0. The SMILES string of the molecule is CC1=C(C2CCCCC2)C(C2CCCCC2)=C(/C=C/C2=C(C3CCCCC3)C(C3CCCCC3)=C(/C=C/C3=C(C4CCCCC4)C(C4CCCCC4)=C[Si]3(C)C)[Si]2(C)C)[Si]1(C)C. The van der Waals surface area contributed by atoms with Gasteiger partial charge in [0.25, 0.3) is 0 Å². The second-order valence-electron chi connectivity index (χ2n) is 24.6. The van der Waals surface area contributed by atoms with E-state index >= 15 is 0 Å². The van der Waals surface area contributed by atoms with E-state index in [2.05, 4.69) is 76.2 Å². The zero-order valence-electron chi connectivity index (χ0n) is 41.6. The molecule has 0 aromatic rings. The van der Waals surface area contributed by atoms with Crippen LogP contribution in [0.15, 0.2) is 89.4 Å². The Morgan fingerprint density at radius 3 is 0.968 bits per heavy atom. The van der Waals surface area contributed by atoms with Crippen LogP contribution >= 0.6 is 0 Å². The van der Waals surface area contributed by atoms with Crippen molar-refractivity contribution in [2.24, 2.45) is 35.5 Å². The first kappa shape index (κ1) is 45.7. The summed E-state index contributed by atoms with van der Waals surface area (Å²) in [4.78, 5) is 0. The fourth-order valence-electron chi connectivity index (χ4n) is 15.9. The molecular weight excluding hydrogens is 793 g/mol. The summed E-state index contributed by atoms with van der Waals surface area (Å²) in [5.74, 6) is 4.81. The molecule has 0 unspecified atom stereocenters. The maximum Gasteiger partial charge on any atom is 0.112 e. The van der Waals surface area contributed by atoms with Gasteiger partial charge in [0.2, 0.25) is 0 Å². The minimum absolute atomic E-state index is 0.769. The van der Waals surface area contributed by atoms with E-state index in [-0.39, 0.29) is 0 Å². The van der Waals surface area contributed by atoms with E-state index in [9.17, 15) is 0 Å². The summed E-state index contributed by atoms with van der Waals surface area (Å²) in [6.07, 6.45) is 54.9. The lowest BCUT2D eigenvalue weighted by Crippen LogP contribution is -2.31. The third-order valence-electron chi connectivity index (χ3n) is 19.6. The fourth-order valence-corrected chi connectivity index (χ4v) is 25.0. The van der Waals surface area contributed by atoms with Gasteiger partial charge in [-0.3, -0.25) is 0 Å². The van der Waals surface area contributed by atoms with Gasteiger partial charge in [-0.15, -0.1) is 0 Å². The molecule has 340 valence electrons. The standard InChI is InChI=1S/C59H92Si3/c1-43-55(45-28-16-9-17-29-45)57(47-32-20-11-21-33-47)52(61(43,4)5)40-41-54-59(49-36-24-13-25-37-49)58(48-34-22-12-23-35-48)53(62(54,6)7)39-38-51-56(46-30-18-10-19-31-46)50(42-60(51,2)3)44-26-14-8-15-27-44/h38-42,44-49H,8-37H2,1-7H3/b39-38+,41-40+. The maximum atomic E-state index is 2.96. The first-order valence-electron chi connectivity index (χ1n) is 27.8. The van der Waals surface area contributed by atoms with Crippen LogP contribution in [-0.2, 0) is 0 Å². The Labute approximate surface area is 385 Å². The lowest BCUT2D eigenvalue weighted by Gasteiger charge is -2.32. The molecule has 9 rings (SSSR count). The summed E-state index contributed by atoms with van der Waals surface area (Å²) in [5, 5.41) is 9.40. The van der Waals surface area contributed by atoms with E-state index in [1.54, 1.807) is 0 Å². The van der Waals surface area contributed by atoms with Crippen LogP contribution in [0.5, 0.6) is 0 Å². The molecule has 0 saturated heterocycles. The zero-order chi connectivity index (χ0) is 43.1. The molecule has 62 heavy (non-hydrogen) atoms. The van der Waals surface area contributed by atoms with Crippen LogP contribution in [0.4, 0.5) is 0 Å². The monoisotopic (exact) mass is 885 g/mol. The average Bonchev–Trinajstić information content (AvgIpc) is 3.79. The molecule has 0 radical (unpaired) electrons. The predicted octanol–water partition coefficient (Wildman–Crippen LogP) is 18.4. The van der Waals surface area contributed by atoms with Crippen molar-refractivity contribution in [3.05, 3.63) is 89.4 Å². The van der Waals surface area contributed by atoms with Gasteiger partial charge in [0, 0.05) is 0 Å². The van der Waals surface area contributed by atoms with E-state index in [0.29, 0.717) is 0 Å². The molecule has 0 amide bonds. The Morgan fingerprint density at radius 2 is 0.597 bits per heavy atom. The molecule has 6 saturated carbocycles. The highest BCUT2D eigenvalue weighted by Crippen LogP contribution is 2.55. The second-order valence-corrected chi connectivity index (χ2v) is 37.7. The van der Waals surface area contributed by atoms with Crippen LogP contribution in [0.3, 0.4) is 0 Å². The molecule has 6 fully saturated rings. The molecule has 6 aliphatic carbocycles. The van der Waals surface area contributed by atoms with Gasteiger partial charge < -0.3 is 0 Å². The topological polar surface area (TPSA) is 0 Å². The van der Waals surface area contributed by atoms with E-state index in [0.717, 1.165) is 35.5 Å².